The average molecular weight is 491 g/mol. The summed E-state index contributed by atoms with van der Waals surface area (Å²) in [5.74, 6) is -0.109. The van der Waals surface area contributed by atoms with Crippen LogP contribution >= 0.6 is 0 Å². The number of hydrogen-bond donors (Lipinski definition) is 1. The molecule has 1 aliphatic rings. The van der Waals surface area contributed by atoms with Crippen molar-refractivity contribution >= 4 is 43.7 Å². The molecular weight excluding hydrogens is 460 g/mol. The van der Waals surface area contributed by atoms with E-state index in [1.807, 2.05) is 30.3 Å². The summed E-state index contributed by atoms with van der Waals surface area (Å²) < 4.78 is 6.26. The monoisotopic (exact) mass is 490 g/mol. The van der Waals surface area contributed by atoms with E-state index in [9.17, 15) is 9.90 Å². The Balaban J connectivity index is 0.00000160. The van der Waals surface area contributed by atoms with Crippen molar-refractivity contribution in [2.45, 2.75) is 39.7 Å². The van der Waals surface area contributed by atoms with Gasteiger partial charge in [-0.15, -0.1) is 0 Å². The minimum Gasteiger partial charge on any atom is -1.00 e. The Hall–Kier alpha value is -2.59. The molecule has 0 spiro atoms. The van der Waals surface area contributed by atoms with Crippen molar-refractivity contribution in [3.05, 3.63) is 112 Å². The fourth-order valence-electron chi connectivity index (χ4n) is 5.28. The molecule has 174 valence electrons. The van der Waals surface area contributed by atoms with Gasteiger partial charge in [-0.3, -0.25) is 4.79 Å². The molecule has 4 aromatic rings. The summed E-state index contributed by atoms with van der Waals surface area (Å²) in [6.45, 7) is 6.95. The van der Waals surface area contributed by atoms with E-state index in [1.54, 1.807) is 0 Å². The number of carbonyl (C=O) groups is 1. The normalized spacial score (nSPS) is 13.5. The molecule has 0 aromatic heterocycles. The predicted molar refractivity (Wildman–Crippen MR) is 144 cm³/mol. The van der Waals surface area contributed by atoms with E-state index in [0.29, 0.717) is 6.61 Å². The summed E-state index contributed by atoms with van der Waals surface area (Å²) in [5, 5.41) is 9.43. The van der Waals surface area contributed by atoms with E-state index < -0.39 is 5.97 Å². The Morgan fingerprint density at radius 2 is 1.49 bits per heavy atom. The van der Waals surface area contributed by atoms with Crippen LogP contribution < -0.4 is 4.74 Å². The topological polar surface area (TPSA) is 46.5 Å². The van der Waals surface area contributed by atoms with Gasteiger partial charge in [0.25, 0.3) is 0 Å². The SMILES string of the molecule is Cc1cccc(C)c1-c1cccc(COc2ccc3c(c2)-c2ccccc2C3CC(=O)O)c1C.[Ca+2].[H-].[H-]. The largest absolute Gasteiger partial charge is 2.00 e. The minimum atomic E-state index is -0.785. The molecule has 1 unspecified atom stereocenters. The molecule has 0 fully saturated rings. The summed E-state index contributed by atoms with van der Waals surface area (Å²) >= 11 is 0. The quantitative estimate of drug-likeness (QED) is 0.289. The Labute approximate surface area is 239 Å². The third kappa shape index (κ3) is 4.91. The Kier molecular flexibility index (Phi) is 7.70. The van der Waals surface area contributed by atoms with Crippen molar-refractivity contribution in [3.63, 3.8) is 0 Å². The molecular formula is C31H30CaO3. The predicted octanol–water partition coefficient (Wildman–Crippen LogP) is 7.29. The molecule has 4 heteroatoms. The first kappa shape index (κ1) is 25.5. The van der Waals surface area contributed by atoms with Crippen molar-refractivity contribution in [2.24, 2.45) is 0 Å². The number of ether oxygens (including phenoxy) is 1. The first-order valence-corrected chi connectivity index (χ1v) is 11.7. The summed E-state index contributed by atoms with van der Waals surface area (Å²) in [7, 11) is 0. The van der Waals surface area contributed by atoms with Crippen LogP contribution in [-0.2, 0) is 11.4 Å². The summed E-state index contributed by atoms with van der Waals surface area (Å²) in [5.41, 5.74) is 11.8. The Morgan fingerprint density at radius 1 is 0.829 bits per heavy atom. The van der Waals surface area contributed by atoms with Crippen LogP contribution in [0.15, 0.2) is 78.9 Å². The van der Waals surface area contributed by atoms with Crippen LogP contribution in [0, 0.1) is 20.8 Å². The molecule has 0 bridgehead atoms. The number of aryl methyl sites for hydroxylation is 2. The summed E-state index contributed by atoms with van der Waals surface area (Å²) in [6, 6.07) is 26.9. The number of benzene rings is 4. The van der Waals surface area contributed by atoms with E-state index in [1.165, 1.54) is 27.8 Å². The Morgan fingerprint density at radius 3 is 2.23 bits per heavy atom. The molecule has 1 N–H and O–H groups in total. The number of carboxylic acids is 1. The van der Waals surface area contributed by atoms with Gasteiger partial charge in [0.05, 0.1) is 6.42 Å². The molecule has 0 radical (unpaired) electrons. The van der Waals surface area contributed by atoms with Crippen LogP contribution in [0.3, 0.4) is 0 Å². The molecule has 0 saturated carbocycles. The van der Waals surface area contributed by atoms with E-state index in [4.69, 9.17) is 4.74 Å². The molecule has 0 heterocycles. The Bertz CT molecular complexity index is 1400. The first-order valence-electron chi connectivity index (χ1n) is 11.7. The van der Waals surface area contributed by atoms with Crippen LogP contribution in [0.5, 0.6) is 5.75 Å². The zero-order chi connectivity index (χ0) is 23.8. The average Bonchev–Trinajstić information content (AvgIpc) is 3.12. The zero-order valence-electron chi connectivity index (χ0n) is 22.5. The number of carboxylic acid groups (broad SMARTS) is 1. The molecule has 5 rings (SSSR count). The fraction of sp³-hybridized carbons (Fsp3) is 0.194. The maximum atomic E-state index is 11.5. The summed E-state index contributed by atoms with van der Waals surface area (Å²) in [6.07, 6.45) is 0.0918. The zero-order valence-corrected chi connectivity index (χ0v) is 22.7. The van der Waals surface area contributed by atoms with E-state index in [2.05, 4.69) is 69.3 Å². The van der Waals surface area contributed by atoms with Crippen LogP contribution in [0.4, 0.5) is 0 Å². The van der Waals surface area contributed by atoms with E-state index in [0.717, 1.165) is 33.6 Å². The second-order valence-corrected chi connectivity index (χ2v) is 9.13. The third-order valence-electron chi connectivity index (χ3n) is 7.00. The smallest absolute Gasteiger partial charge is 1.00 e. The molecule has 4 aromatic carbocycles. The van der Waals surface area contributed by atoms with Gasteiger partial charge in [0, 0.05) is 5.92 Å². The standard InChI is InChI=1S/C31H28O3.Ca.2H/c1-19-8-6-9-20(2)31(19)24-13-7-10-22(21(24)3)18-34-23-14-15-27-28(16-23)25-11-4-5-12-26(25)29(27)17-30(32)33;;;/h4-16,29H,17-18H2,1-3H3,(H,32,33);;;/q;+2;2*-1. The van der Waals surface area contributed by atoms with Crippen LogP contribution in [0.25, 0.3) is 22.3 Å². The fourth-order valence-corrected chi connectivity index (χ4v) is 5.28. The van der Waals surface area contributed by atoms with E-state index >= 15 is 0 Å². The van der Waals surface area contributed by atoms with Crippen molar-refractivity contribution in [1.29, 1.82) is 0 Å². The molecule has 0 saturated heterocycles. The van der Waals surface area contributed by atoms with Crippen molar-refractivity contribution < 1.29 is 17.5 Å². The van der Waals surface area contributed by atoms with Gasteiger partial charge in [-0.25, -0.2) is 0 Å². The van der Waals surface area contributed by atoms with Crippen LogP contribution in [-0.4, -0.2) is 48.8 Å². The van der Waals surface area contributed by atoms with Crippen LogP contribution in [0.2, 0.25) is 0 Å². The van der Waals surface area contributed by atoms with Gasteiger partial charge in [0.2, 0.25) is 0 Å². The second-order valence-electron chi connectivity index (χ2n) is 9.13. The molecule has 1 atom stereocenters. The number of aliphatic carboxylic acids is 1. The minimum absolute atomic E-state index is 0. The molecule has 35 heavy (non-hydrogen) atoms. The van der Waals surface area contributed by atoms with Gasteiger partial charge in [0.1, 0.15) is 12.4 Å². The van der Waals surface area contributed by atoms with Gasteiger partial charge in [-0.1, -0.05) is 66.7 Å². The van der Waals surface area contributed by atoms with Crippen molar-refractivity contribution in [2.75, 3.05) is 0 Å². The second kappa shape index (κ2) is 10.6. The number of rotatable bonds is 6. The van der Waals surface area contributed by atoms with Gasteiger partial charge in [-0.2, -0.15) is 0 Å². The van der Waals surface area contributed by atoms with Gasteiger partial charge in [-0.05, 0) is 88.5 Å². The number of hydrogen-bond acceptors (Lipinski definition) is 2. The van der Waals surface area contributed by atoms with Gasteiger partial charge < -0.3 is 12.7 Å². The van der Waals surface area contributed by atoms with Gasteiger partial charge in [0.15, 0.2) is 0 Å². The van der Waals surface area contributed by atoms with Crippen molar-refractivity contribution in [1.82, 2.24) is 0 Å². The number of fused-ring (bicyclic) bond motifs is 3. The first-order chi connectivity index (χ1) is 16.4. The third-order valence-corrected chi connectivity index (χ3v) is 7.00. The maximum Gasteiger partial charge on any atom is 2.00 e. The molecule has 1 aliphatic carbocycles. The van der Waals surface area contributed by atoms with Crippen LogP contribution in [0.1, 0.15) is 48.6 Å². The molecule has 0 aliphatic heterocycles. The van der Waals surface area contributed by atoms with E-state index in [-0.39, 0.29) is 52.9 Å². The van der Waals surface area contributed by atoms with Crippen molar-refractivity contribution in [3.8, 4) is 28.0 Å². The maximum absolute atomic E-state index is 11.5. The summed E-state index contributed by atoms with van der Waals surface area (Å²) in [4.78, 5) is 11.5. The molecule has 3 nitrogen and oxygen atoms in total. The van der Waals surface area contributed by atoms with Gasteiger partial charge >= 0.3 is 43.7 Å². The molecule has 0 amide bonds.